The molecule has 90 valence electrons. The number of carbonyl (C=O) groups excluding carboxylic acids is 1. The summed E-state index contributed by atoms with van der Waals surface area (Å²) in [5.74, 6) is 4.80. The minimum atomic E-state index is -0.148. The number of nitrogens with zero attached hydrogens (tertiary/aromatic N) is 1. The van der Waals surface area contributed by atoms with Gasteiger partial charge in [0.25, 0.3) is 0 Å². The predicted octanol–water partition coefficient (Wildman–Crippen LogP) is -0.295. The second kappa shape index (κ2) is 7.62. The van der Waals surface area contributed by atoms with E-state index in [1.165, 1.54) is 0 Å². The Morgan fingerprint density at radius 1 is 1.53 bits per heavy atom. The highest BCUT2D eigenvalue weighted by Gasteiger charge is 2.23. The predicted molar refractivity (Wildman–Crippen MR) is 59.9 cm³/mol. The van der Waals surface area contributed by atoms with Crippen molar-refractivity contribution >= 4 is 5.91 Å². The van der Waals surface area contributed by atoms with E-state index in [1.54, 1.807) is 0 Å². The zero-order valence-corrected chi connectivity index (χ0v) is 9.86. The van der Waals surface area contributed by atoms with Crippen LogP contribution < -0.4 is 11.3 Å². The Hall–Kier alpha value is -0.650. The van der Waals surface area contributed by atoms with E-state index < -0.39 is 0 Å². The molecule has 0 aliphatic rings. The highest BCUT2D eigenvalue weighted by molar-refractivity contribution is 5.78. The Labute approximate surface area is 91.6 Å². The summed E-state index contributed by atoms with van der Waals surface area (Å²) in [5.41, 5.74) is 2.17. The summed E-state index contributed by atoms with van der Waals surface area (Å²) < 4.78 is 0. The first kappa shape index (κ1) is 14.3. The van der Waals surface area contributed by atoms with Gasteiger partial charge in [0.05, 0.1) is 5.92 Å². The topological polar surface area (TPSA) is 78.6 Å². The Morgan fingerprint density at radius 3 is 2.53 bits per heavy atom. The van der Waals surface area contributed by atoms with Crippen LogP contribution in [0.15, 0.2) is 0 Å². The number of rotatable bonds is 7. The molecule has 5 heteroatoms. The van der Waals surface area contributed by atoms with E-state index in [0.29, 0.717) is 0 Å². The van der Waals surface area contributed by atoms with E-state index in [2.05, 4.69) is 10.3 Å². The fourth-order valence-corrected chi connectivity index (χ4v) is 1.59. The van der Waals surface area contributed by atoms with E-state index >= 15 is 0 Å². The summed E-state index contributed by atoms with van der Waals surface area (Å²) in [5, 5.41) is 8.76. The number of hydrogen-bond donors (Lipinski definition) is 3. The minimum Gasteiger partial charge on any atom is -0.396 e. The van der Waals surface area contributed by atoms with Gasteiger partial charge in [-0.15, -0.1) is 0 Å². The SMILES string of the molecule is CCN(CCCO)C(C)C(C)C(=O)NN. The molecule has 0 radical (unpaired) electrons. The molecule has 0 aliphatic carbocycles. The number of aliphatic hydroxyl groups is 1. The fourth-order valence-electron chi connectivity index (χ4n) is 1.59. The molecular formula is C10H23N3O2. The summed E-state index contributed by atoms with van der Waals surface area (Å²) >= 11 is 0. The van der Waals surface area contributed by atoms with Gasteiger partial charge in [0.15, 0.2) is 0 Å². The number of nitrogens with two attached hydrogens (primary N) is 1. The van der Waals surface area contributed by atoms with Gasteiger partial charge in [0.1, 0.15) is 0 Å². The molecule has 2 atom stereocenters. The van der Waals surface area contributed by atoms with Crippen molar-refractivity contribution in [3.8, 4) is 0 Å². The van der Waals surface area contributed by atoms with E-state index in [1.807, 2.05) is 20.8 Å². The lowest BCUT2D eigenvalue weighted by Gasteiger charge is -2.31. The molecule has 5 nitrogen and oxygen atoms in total. The maximum atomic E-state index is 11.3. The van der Waals surface area contributed by atoms with Gasteiger partial charge in [-0.3, -0.25) is 10.2 Å². The van der Waals surface area contributed by atoms with Crippen molar-refractivity contribution in [3.05, 3.63) is 0 Å². The molecule has 0 spiro atoms. The molecule has 0 aliphatic heterocycles. The third kappa shape index (κ3) is 4.59. The van der Waals surface area contributed by atoms with Crippen molar-refractivity contribution < 1.29 is 9.90 Å². The monoisotopic (exact) mass is 217 g/mol. The maximum Gasteiger partial charge on any atom is 0.238 e. The largest absolute Gasteiger partial charge is 0.396 e. The van der Waals surface area contributed by atoms with Crippen LogP contribution >= 0.6 is 0 Å². The number of amides is 1. The number of carbonyl (C=O) groups is 1. The zero-order valence-electron chi connectivity index (χ0n) is 9.86. The van der Waals surface area contributed by atoms with Gasteiger partial charge < -0.3 is 10.0 Å². The number of hydrazine groups is 1. The quantitative estimate of drug-likeness (QED) is 0.311. The third-order valence-corrected chi connectivity index (χ3v) is 2.87. The van der Waals surface area contributed by atoms with Crippen molar-refractivity contribution in [2.45, 2.75) is 33.2 Å². The molecule has 0 rings (SSSR count). The molecule has 4 N–H and O–H groups in total. The Kier molecular flexibility index (Phi) is 7.29. The lowest BCUT2D eigenvalue weighted by atomic mass is 10.0. The Morgan fingerprint density at radius 2 is 2.13 bits per heavy atom. The lowest BCUT2D eigenvalue weighted by molar-refractivity contribution is -0.126. The summed E-state index contributed by atoms with van der Waals surface area (Å²) in [6.07, 6.45) is 0.731. The molecule has 2 unspecified atom stereocenters. The van der Waals surface area contributed by atoms with Crippen LogP contribution in [0.5, 0.6) is 0 Å². The average Bonchev–Trinajstić information content (AvgIpc) is 2.27. The van der Waals surface area contributed by atoms with Crippen LogP contribution in [0.25, 0.3) is 0 Å². The first-order valence-electron chi connectivity index (χ1n) is 5.43. The van der Waals surface area contributed by atoms with Gasteiger partial charge in [-0.2, -0.15) is 0 Å². The molecule has 0 heterocycles. The van der Waals surface area contributed by atoms with E-state index in [0.717, 1.165) is 19.5 Å². The van der Waals surface area contributed by atoms with Crippen LogP contribution in [-0.4, -0.2) is 41.7 Å². The lowest BCUT2D eigenvalue weighted by Crippen LogP contribution is -2.46. The molecule has 15 heavy (non-hydrogen) atoms. The fraction of sp³-hybridized carbons (Fsp3) is 0.900. The highest BCUT2D eigenvalue weighted by Crippen LogP contribution is 2.11. The summed E-state index contributed by atoms with van der Waals surface area (Å²) in [6, 6.07) is 0.130. The van der Waals surface area contributed by atoms with Gasteiger partial charge in [-0.1, -0.05) is 13.8 Å². The van der Waals surface area contributed by atoms with Crippen molar-refractivity contribution in [3.63, 3.8) is 0 Å². The number of nitrogens with one attached hydrogen (secondary N) is 1. The average molecular weight is 217 g/mol. The zero-order chi connectivity index (χ0) is 11.8. The molecule has 1 amide bonds. The van der Waals surface area contributed by atoms with Gasteiger partial charge in [-0.25, -0.2) is 5.84 Å². The van der Waals surface area contributed by atoms with Crippen molar-refractivity contribution in [1.82, 2.24) is 10.3 Å². The van der Waals surface area contributed by atoms with Gasteiger partial charge >= 0.3 is 0 Å². The van der Waals surface area contributed by atoms with Crippen LogP contribution in [0.4, 0.5) is 0 Å². The van der Waals surface area contributed by atoms with Crippen molar-refractivity contribution in [2.24, 2.45) is 11.8 Å². The smallest absolute Gasteiger partial charge is 0.238 e. The molecular weight excluding hydrogens is 194 g/mol. The summed E-state index contributed by atoms with van der Waals surface area (Å²) in [6.45, 7) is 7.75. The van der Waals surface area contributed by atoms with Crippen LogP contribution in [0.3, 0.4) is 0 Å². The number of hydrogen-bond acceptors (Lipinski definition) is 4. The Balaban J connectivity index is 4.23. The second-order valence-electron chi connectivity index (χ2n) is 3.74. The molecule has 0 fully saturated rings. The second-order valence-corrected chi connectivity index (χ2v) is 3.74. The van der Waals surface area contributed by atoms with Crippen LogP contribution in [0.2, 0.25) is 0 Å². The molecule has 0 saturated heterocycles. The van der Waals surface area contributed by atoms with E-state index in [-0.39, 0.29) is 24.5 Å². The molecule has 0 aromatic heterocycles. The third-order valence-electron chi connectivity index (χ3n) is 2.87. The van der Waals surface area contributed by atoms with Crippen LogP contribution in [0.1, 0.15) is 27.2 Å². The van der Waals surface area contributed by atoms with Crippen molar-refractivity contribution in [2.75, 3.05) is 19.7 Å². The minimum absolute atomic E-state index is 0.130. The standard InChI is InChI=1S/C10H23N3O2/c1-4-13(6-5-7-14)9(3)8(2)10(15)12-11/h8-9,14H,4-7,11H2,1-3H3,(H,12,15). The van der Waals surface area contributed by atoms with Crippen LogP contribution in [-0.2, 0) is 4.79 Å². The van der Waals surface area contributed by atoms with Crippen LogP contribution in [0, 0.1) is 5.92 Å². The van der Waals surface area contributed by atoms with Gasteiger partial charge in [0, 0.05) is 19.2 Å². The van der Waals surface area contributed by atoms with Gasteiger partial charge in [0.2, 0.25) is 5.91 Å². The van der Waals surface area contributed by atoms with E-state index in [9.17, 15) is 4.79 Å². The molecule has 0 bridgehead atoms. The first-order chi connectivity index (χ1) is 7.08. The Bertz CT molecular complexity index is 188. The van der Waals surface area contributed by atoms with E-state index in [4.69, 9.17) is 10.9 Å². The number of aliphatic hydroxyl groups excluding tert-OH is 1. The molecule has 0 aromatic carbocycles. The maximum absolute atomic E-state index is 11.3. The molecule has 0 saturated carbocycles. The van der Waals surface area contributed by atoms with Crippen molar-refractivity contribution in [1.29, 1.82) is 0 Å². The van der Waals surface area contributed by atoms with Gasteiger partial charge in [-0.05, 0) is 19.9 Å². The summed E-state index contributed by atoms with van der Waals surface area (Å²) in [7, 11) is 0. The first-order valence-corrected chi connectivity index (χ1v) is 5.43. The summed E-state index contributed by atoms with van der Waals surface area (Å²) in [4.78, 5) is 13.5. The molecule has 0 aromatic rings. The highest BCUT2D eigenvalue weighted by atomic mass is 16.3. The normalized spacial score (nSPS) is 15.1.